The van der Waals surface area contributed by atoms with Crippen LogP contribution in [0.5, 0.6) is 0 Å². The Morgan fingerprint density at radius 2 is 1.80 bits per heavy atom. The van der Waals surface area contributed by atoms with Crippen LogP contribution in [-0.4, -0.2) is 4.98 Å². The van der Waals surface area contributed by atoms with Crippen molar-refractivity contribution in [2.24, 2.45) is 0 Å². The molecule has 4 heteroatoms. The van der Waals surface area contributed by atoms with Gasteiger partial charge in [0.05, 0.1) is 0 Å². The van der Waals surface area contributed by atoms with Crippen LogP contribution in [-0.2, 0) is 5.38 Å². The van der Waals surface area contributed by atoms with Gasteiger partial charge >= 0.3 is 5.38 Å². The van der Waals surface area contributed by atoms with Crippen LogP contribution in [0.4, 0.5) is 8.78 Å². The molecule has 0 spiro atoms. The molecule has 0 atom stereocenters. The van der Waals surface area contributed by atoms with Gasteiger partial charge in [0.15, 0.2) is 0 Å². The van der Waals surface area contributed by atoms with Crippen LogP contribution in [0.1, 0.15) is 5.56 Å². The van der Waals surface area contributed by atoms with Crippen molar-refractivity contribution in [2.45, 2.75) is 5.38 Å². The van der Waals surface area contributed by atoms with Gasteiger partial charge in [-0.1, -0.05) is 0 Å². The Bertz CT molecular complexity index is 207. The van der Waals surface area contributed by atoms with Crippen LogP contribution >= 0.6 is 11.6 Å². The van der Waals surface area contributed by atoms with E-state index in [-0.39, 0.29) is 5.56 Å². The molecule has 0 saturated carbocycles. The Kier molecular flexibility index (Phi) is 1.85. The fourth-order valence-corrected chi connectivity index (χ4v) is 0.667. The van der Waals surface area contributed by atoms with Gasteiger partial charge in [-0.3, -0.25) is 4.98 Å². The molecule has 0 amide bonds. The maximum Gasteiger partial charge on any atom is 0.348 e. The number of nitrogens with zero attached hydrogens (tertiary/aromatic N) is 1. The van der Waals surface area contributed by atoms with E-state index in [0.717, 1.165) is 0 Å². The number of alkyl halides is 3. The minimum atomic E-state index is -3.27. The lowest BCUT2D eigenvalue weighted by molar-refractivity contribution is 0.0950. The van der Waals surface area contributed by atoms with Gasteiger partial charge in [0, 0.05) is 18.0 Å². The maximum atomic E-state index is 12.2. The molecule has 1 heterocycles. The van der Waals surface area contributed by atoms with Crippen LogP contribution < -0.4 is 0 Å². The first-order valence-electron chi connectivity index (χ1n) is 2.58. The monoisotopic (exact) mass is 163 g/mol. The zero-order chi connectivity index (χ0) is 7.61. The van der Waals surface area contributed by atoms with Gasteiger partial charge in [0.25, 0.3) is 0 Å². The SMILES string of the molecule is FC(F)(Cl)c1ccncc1. The molecule has 0 aliphatic heterocycles. The Balaban J connectivity index is 2.97. The zero-order valence-electron chi connectivity index (χ0n) is 4.89. The molecule has 0 bridgehead atoms. The highest BCUT2D eigenvalue weighted by molar-refractivity contribution is 6.21. The highest BCUT2D eigenvalue weighted by atomic mass is 35.5. The summed E-state index contributed by atoms with van der Waals surface area (Å²) in [6.07, 6.45) is 2.54. The summed E-state index contributed by atoms with van der Waals surface area (Å²) in [4.78, 5) is 3.57. The molecule has 10 heavy (non-hydrogen) atoms. The Labute approximate surface area is 61.7 Å². The number of pyridine rings is 1. The van der Waals surface area contributed by atoms with Crippen LogP contribution in [0, 0.1) is 0 Å². The molecule has 0 radical (unpaired) electrons. The van der Waals surface area contributed by atoms with Crippen molar-refractivity contribution in [2.75, 3.05) is 0 Å². The third-order valence-electron chi connectivity index (χ3n) is 1.01. The molecule has 0 fully saturated rings. The molecule has 1 aromatic rings. The molecule has 0 aliphatic carbocycles. The molecule has 0 saturated heterocycles. The van der Waals surface area contributed by atoms with Crippen molar-refractivity contribution in [1.82, 2.24) is 4.98 Å². The molecular formula is C6H4ClF2N. The van der Waals surface area contributed by atoms with Crippen molar-refractivity contribution in [3.63, 3.8) is 0 Å². The number of hydrogen-bond acceptors (Lipinski definition) is 1. The summed E-state index contributed by atoms with van der Waals surface area (Å²) >= 11 is 4.70. The zero-order valence-corrected chi connectivity index (χ0v) is 5.65. The van der Waals surface area contributed by atoms with Crippen LogP contribution in [0.2, 0.25) is 0 Å². The van der Waals surface area contributed by atoms with Gasteiger partial charge in [0.2, 0.25) is 0 Å². The predicted octanol–water partition coefficient (Wildman–Crippen LogP) is 2.37. The summed E-state index contributed by atoms with van der Waals surface area (Å²) in [6.45, 7) is 0. The fraction of sp³-hybridized carbons (Fsp3) is 0.167. The van der Waals surface area contributed by atoms with E-state index in [1.54, 1.807) is 0 Å². The van der Waals surface area contributed by atoms with E-state index in [2.05, 4.69) is 4.98 Å². The van der Waals surface area contributed by atoms with Gasteiger partial charge in [-0.25, -0.2) is 0 Å². The summed E-state index contributed by atoms with van der Waals surface area (Å²) in [6, 6.07) is 2.35. The second-order valence-electron chi connectivity index (χ2n) is 1.73. The lowest BCUT2D eigenvalue weighted by Gasteiger charge is -2.05. The first-order chi connectivity index (χ1) is 4.61. The number of rotatable bonds is 1. The molecule has 1 nitrogen and oxygen atoms in total. The van der Waals surface area contributed by atoms with Crippen molar-refractivity contribution < 1.29 is 8.78 Å². The average molecular weight is 164 g/mol. The van der Waals surface area contributed by atoms with E-state index >= 15 is 0 Å². The Morgan fingerprint density at radius 3 is 2.10 bits per heavy atom. The fourth-order valence-electron chi connectivity index (χ4n) is 0.541. The minimum Gasteiger partial charge on any atom is -0.265 e. The summed E-state index contributed by atoms with van der Waals surface area (Å²) in [5.41, 5.74) is -0.232. The summed E-state index contributed by atoms with van der Waals surface area (Å²) < 4.78 is 24.4. The van der Waals surface area contributed by atoms with E-state index < -0.39 is 5.38 Å². The third kappa shape index (κ3) is 1.64. The first kappa shape index (κ1) is 7.41. The van der Waals surface area contributed by atoms with Gasteiger partial charge in [-0.05, 0) is 23.7 Å². The molecule has 0 aliphatic rings. The van der Waals surface area contributed by atoms with Crippen molar-refractivity contribution in [3.8, 4) is 0 Å². The largest absolute Gasteiger partial charge is 0.348 e. The average Bonchev–Trinajstić information content (AvgIpc) is 1.88. The van der Waals surface area contributed by atoms with Crippen molar-refractivity contribution in [3.05, 3.63) is 30.1 Å². The van der Waals surface area contributed by atoms with Crippen LogP contribution in [0.3, 0.4) is 0 Å². The second kappa shape index (κ2) is 2.50. The molecular weight excluding hydrogens is 160 g/mol. The topological polar surface area (TPSA) is 12.9 Å². The third-order valence-corrected chi connectivity index (χ3v) is 1.23. The van der Waals surface area contributed by atoms with Gasteiger partial charge < -0.3 is 0 Å². The van der Waals surface area contributed by atoms with E-state index in [1.165, 1.54) is 24.5 Å². The van der Waals surface area contributed by atoms with Crippen molar-refractivity contribution >= 4 is 11.6 Å². The summed E-state index contributed by atoms with van der Waals surface area (Å²) in [5.74, 6) is 0. The molecule has 1 rings (SSSR count). The maximum absolute atomic E-state index is 12.2. The normalized spacial score (nSPS) is 11.5. The van der Waals surface area contributed by atoms with Gasteiger partial charge in [0.1, 0.15) is 0 Å². The quantitative estimate of drug-likeness (QED) is 0.580. The Hall–Kier alpha value is -0.700. The molecule has 54 valence electrons. The van der Waals surface area contributed by atoms with E-state index in [9.17, 15) is 8.78 Å². The highest BCUT2D eigenvalue weighted by Crippen LogP contribution is 2.31. The second-order valence-corrected chi connectivity index (χ2v) is 2.21. The lowest BCUT2D eigenvalue weighted by atomic mass is 10.3. The number of hydrogen-bond donors (Lipinski definition) is 0. The van der Waals surface area contributed by atoms with E-state index in [1.807, 2.05) is 0 Å². The van der Waals surface area contributed by atoms with E-state index in [0.29, 0.717) is 0 Å². The first-order valence-corrected chi connectivity index (χ1v) is 2.96. The molecule has 0 unspecified atom stereocenters. The van der Waals surface area contributed by atoms with Crippen LogP contribution in [0.25, 0.3) is 0 Å². The summed E-state index contributed by atoms with van der Waals surface area (Å²) in [5, 5.41) is -3.27. The van der Waals surface area contributed by atoms with Gasteiger partial charge in [-0.15, -0.1) is 0 Å². The smallest absolute Gasteiger partial charge is 0.265 e. The highest BCUT2D eigenvalue weighted by Gasteiger charge is 2.26. The van der Waals surface area contributed by atoms with E-state index in [4.69, 9.17) is 11.6 Å². The summed E-state index contributed by atoms with van der Waals surface area (Å²) in [7, 11) is 0. The van der Waals surface area contributed by atoms with Crippen molar-refractivity contribution in [1.29, 1.82) is 0 Å². The van der Waals surface area contributed by atoms with Gasteiger partial charge in [-0.2, -0.15) is 8.78 Å². The number of halogens is 3. The molecule has 0 aromatic carbocycles. The van der Waals surface area contributed by atoms with Crippen LogP contribution in [0.15, 0.2) is 24.5 Å². The minimum absolute atomic E-state index is 0.232. The lowest BCUT2D eigenvalue weighted by Crippen LogP contribution is -2.02. The molecule has 0 N–H and O–H groups in total. The standard InChI is InChI=1S/C6H4ClF2N/c7-6(8,9)5-1-3-10-4-2-5/h1-4H. The molecule has 1 aromatic heterocycles. The Morgan fingerprint density at radius 1 is 1.30 bits per heavy atom. The predicted molar refractivity (Wildman–Crippen MR) is 34.0 cm³/mol. The number of aromatic nitrogens is 1.